The summed E-state index contributed by atoms with van der Waals surface area (Å²) in [7, 11) is 1.67. The number of carbonyl (C=O) groups excluding carboxylic acids is 3. The Kier molecular flexibility index (Phi) is 10.9. The standard InChI is InChI=1S/C33H44N2O6/c1-23(24-14-10-8-11-15-24)20-28(31(38)35(7)25-16-12-9-13-17-25)30(37)34-19-18-26-21-27(40-33(5,6)39-26)22-29(36)41-32(2,3)4/h8-17,20,26-28H,18-19,21-22H2,1-7H3,(H,34,37)/b23-20+/t26-,27-,28?/m1/s1. The largest absolute Gasteiger partial charge is 0.460 e. The molecular weight excluding hydrogens is 520 g/mol. The van der Waals surface area contributed by atoms with Crippen molar-refractivity contribution in [2.75, 3.05) is 18.5 Å². The highest BCUT2D eigenvalue weighted by atomic mass is 16.7. The number of hydrogen-bond acceptors (Lipinski definition) is 6. The fraction of sp³-hybridized carbons (Fsp3) is 0.485. The summed E-state index contributed by atoms with van der Waals surface area (Å²) in [6.45, 7) is 11.3. The SMILES string of the molecule is C/C(=C\C(C(=O)NCC[C@@H]1C[C@H](CC(=O)OC(C)(C)C)OC(C)(C)O1)C(=O)N(C)c1ccccc1)c1ccccc1. The number of hydrogen-bond donors (Lipinski definition) is 1. The number of nitrogens with one attached hydrogen (secondary N) is 1. The Balaban J connectivity index is 1.68. The zero-order chi connectivity index (χ0) is 30.2. The maximum absolute atomic E-state index is 13.6. The van der Waals surface area contributed by atoms with E-state index in [9.17, 15) is 14.4 Å². The Morgan fingerprint density at radius 1 is 1.02 bits per heavy atom. The first-order valence-electron chi connectivity index (χ1n) is 14.2. The van der Waals surface area contributed by atoms with Crippen LogP contribution in [-0.4, -0.2) is 55.0 Å². The van der Waals surface area contributed by atoms with Crippen LogP contribution in [-0.2, 0) is 28.6 Å². The number of amides is 2. The molecule has 8 nitrogen and oxygen atoms in total. The lowest BCUT2D eigenvalue weighted by atomic mass is 9.98. The van der Waals surface area contributed by atoms with E-state index < -0.39 is 17.3 Å². The fourth-order valence-corrected chi connectivity index (χ4v) is 4.85. The zero-order valence-corrected chi connectivity index (χ0v) is 25.3. The van der Waals surface area contributed by atoms with Gasteiger partial charge in [0.15, 0.2) is 5.79 Å². The Bertz CT molecular complexity index is 1200. The van der Waals surface area contributed by atoms with E-state index in [1.54, 1.807) is 13.1 Å². The van der Waals surface area contributed by atoms with E-state index in [2.05, 4.69) is 5.32 Å². The number of rotatable bonds is 10. The van der Waals surface area contributed by atoms with Crippen molar-refractivity contribution in [3.05, 3.63) is 72.3 Å². The molecule has 2 amide bonds. The van der Waals surface area contributed by atoms with Gasteiger partial charge in [-0.3, -0.25) is 14.4 Å². The van der Waals surface area contributed by atoms with Crippen molar-refractivity contribution in [3.63, 3.8) is 0 Å². The second-order valence-corrected chi connectivity index (χ2v) is 11.9. The summed E-state index contributed by atoms with van der Waals surface area (Å²) in [5.74, 6) is -2.94. The Hall–Kier alpha value is -3.49. The number of ether oxygens (including phenoxy) is 3. The van der Waals surface area contributed by atoms with Crippen molar-refractivity contribution in [2.24, 2.45) is 5.92 Å². The molecule has 0 aromatic heterocycles. The van der Waals surface area contributed by atoms with Gasteiger partial charge in [0.25, 0.3) is 0 Å². The van der Waals surface area contributed by atoms with Gasteiger partial charge in [0.1, 0.15) is 11.5 Å². The minimum atomic E-state index is -1.02. The molecule has 2 aromatic carbocycles. The molecule has 1 unspecified atom stereocenters. The van der Waals surface area contributed by atoms with Crippen LogP contribution in [0.3, 0.4) is 0 Å². The molecule has 1 aliphatic heterocycles. The molecule has 3 atom stereocenters. The average molecular weight is 565 g/mol. The Morgan fingerprint density at radius 2 is 1.61 bits per heavy atom. The summed E-state index contributed by atoms with van der Waals surface area (Å²) >= 11 is 0. The lowest BCUT2D eigenvalue weighted by molar-refractivity contribution is -0.300. The maximum Gasteiger partial charge on any atom is 0.308 e. The minimum Gasteiger partial charge on any atom is -0.460 e. The van der Waals surface area contributed by atoms with E-state index in [1.807, 2.05) is 102 Å². The number of carbonyl (C=O) groups is 3. The second-order valence-electron chi connectivity index (χ2n) is 11.9. The van der Waals surface area contributed by atoms with Crippen molar-refractivity contribution >= 4 is 29.0 Å². The third-order valence-electron chi connectivity index (χ3n) is 6.68. The average Bonchev–Trinajstić information content (AvgIpc) is 2.89. The van der Waals surface area contributed by atoms with Crippen molar-refractivity contribution in [1.29, 1.82) is 0 Å². The van der Waals surface area contributed by atoms with Crippen LogP contribution in [0, 0.1) is 5.92 Å². The highest BCUT2D eigenvalue weighted by molar-refractivity contribution is 6.09. The lowest BCUT2D eigenvalue weighted by Gasteiger charge is -2.41. The Morgan fingerprint density at radius 3 is 2.22 bits per heavy atom. The Labute approximate surface area is 244 Å². The van der Waals surface area contributed by atoms with Gasteiger partial charge in [0, 0.05) is 25.7 Å². The van der Waals surface area contributed by atoms with Crippen LogP contribution in [0.2, 0.25) is 0 Å². The van der Waals surface area contributed by atoms with Crippen LogP contribution in [0.4, 0.5) is 5.69 Å². The summed E-state index contributed by atoms with van der Waals surface area (Å²) in [4.78, 5) is 40.9. The summed E-state index contributed by atoms with van der Waals surface area (Å²) < 4.78 is 17.5. The highest BCUT2D eigenvalue weighted by Gasteiger charge is 2.37. The van der Waals surface area contributed by atoms with Crippen LogP contribution >= 0.6 is 0 Å². The summed E-state index contributed by atoms with van der Waals surface area (Å²) in [6, 6.07) is 18.9. The van der Waals surface area contributed by atoms with Gasteiger partial charge < -0.3 is 24.4 Å². The van der Waals surface area contributed by atoms with E-state index in [4.69, 9.17) is 14.2 Å². The first kappa shape index (κ1) is 32.0. The van der Waals surface area contributed by atoms with Gasteiger partial charge in [-0.25, -0.2) is 0 Å². The van der Waals surface area contributed by atoms with Crippen molar-refractivity contribution < 1.29 is 28.6 Å². The first-order valence-corrected chi connectivity index (χ1v) is 14.2. The highest BCUT2D eigenvalue weighted by Crippen LogP contribution is 2.30. The van der Waals surface area contributed by atoms with Crippen molar-refractivity contribution in [1.82, 2.24) is 5.32 Å². The third kappa shape index (κ3) is 10.1. The van der Waals surface area contributed by atoms with Gasteiger partial charge in [-0.15, -0.1) is 0 Å². The van der Waals surface area contributed by atoms with Crippen molar-refractivity contribution in [2.45, 2.75) is 84.4 Å². The smallest absolute Gasteiger partial charge is 0.308 e. The van der Waals surface area contributed by atoms with Gasteiger partial charge in [0.05, 0.1) is 18.6 Å². The molecule has 1 fully saturated rings. The summed E-state index contributed by atoms with van der Waals surface area (Å²) in [5.41, 5.74) is 1.90. The number of allylic oxidation sites excluding steroid dienone is 1. The van der Waals surface area contributed by atoms with Crippen molar-refractivity contribution in [3.8, 4) is 0 Å². The molecule has 0 bridgehead atoms. The molecule has 2 aromatic rings. The number of para-hydroxylation sites is 1. The predicted molar refractivity (Wildman–Crippen MR) is 160 cm³/mol. The molecule has 0 saturated carbocycles. The molecule has 0 radical (unpaired) electrons. The third-order valence-corrected chi connectivity index (χ3v) is 6.68. The van der Waals surface area contributed by atoms with E-state index in [0.29, 0.717) is 25.1 Å². The van der Waals surface area contributed by atoms with Gasteiger partial charge in [-0.05, 0) is 71.2 Å². The molecule has 0 aliphatic carbocycles. The summed E-state index contributed by atoms with van der Waals surface area (Å²) in [6.07, 6.45) is 2.23. The molecule has 41 heavy (non-hydrogen) atoms. The monoisotopic (exact) mass is 564 g/mol. The maximum atomic E-state index is 13.6. The van der Waals surface area contributed by atoms with E-state index in [1.165, 1.54) is 4.90 Å². The molecule has 1 saturated heterocycles. The van der Waals surface area contributed by atoms with Crippen LogP contribution in [0.5, 0.6) is 0 Å². The number of nitrogens with zero attached hydrogens (tertiary/aromatic N) is 1. The van der Waals surface area contributed by atoms with E-state index in [-0.39, 0.29) is 36.4 Å². The lowest BCUT2D eigenvalue weighted by Crippen LogP contribution is -2.47. The normalized spacial score (nSPS) is 19.6. The summed E-state index contributed by atoms with van der Waals surface area (Å²) in [5, 5.41) is 2.94. The van der Waals surface area contributed by atoms with Crippen LogP contribution < -0.4 is 10.2 Å². The predicted octanol–water partition coefficient (Wildman–Crippen LogP) is 5.52. The van der Waals surface area contributed by atoms with E-state index in [0.717, 1.165) is 11.1 Å². The van der Waals surface area contributed by atoms with Crippen LogP contribution in [0.1, 0.15) is 66.4 Å². The van der Waals surface area contributed by atoms with Gasteiger partial charge in [-0.2, -0.15) is 0 Å². The quantitative estimate of drug-likeness (QED) is 0.302. The molecule has 0 spiro atoms. The second kappa shape index (κ2) is 13.9. The zero-order valence-electron chi connectivity index (χ0n) is 25.3. The number of esters is 1. The van der Waals surface area contributed by atoms with Gasteiger partial charge in [0.2, 0.25) is 11.8 Å². The molecule has 3 rings (SSSR count). The first-order chi connectivity index (χ1) is 19.2. The molecule has 1 aliphatic rings. The minimum absolute atomic E-state index is 0.124. The van der Waals surface area contributed by atoms with E-state index >= 15 is 0 Å². The topological polar surface area (TPSA) is 94.2 Å². The molecule has 1 N–H and O–H groups in total. The fourth-order valence-electron chi connectivity index (χ4n) is 4.85. The van der Waals surface area contributed by atoms with Crippen LogP contribution in [0.25, 0.3) is 5.57 Å². The molecular formula is C33H44N2O6. The van der Waals surface area contributed by atoms with Gasteiger partial charge >= 0.3 is 5.97 Å². The van der Waals surface area contributed by atoms with Gasteiger partial charge in [-0.1, -0.05) is 54.6 Å². The molecule has 8 heteroatoms. The number of anilines is 1. The molecule has 222 valence electrons. The van der Waals surface area contributed by atoms with Crippen LogP contribution in [0.15, 0.2) is 66.7 Å². The molecule has 1 heterocycles. The number of benzene rings is 2.